The molecule has 1 atom stereocenters. The first-order valence-corrected chi connectivity index (χ1v) is 6.76. The summed E-state index contributed by atoms with van der Waals surface area (Å²) in [4.78, 5) is 4.40. The number of hydrogen-bond acceptors (Lipinski definition) is 3. The van der Waals surface area contributed by atoms with E-state index in [1.165, 1.54) is 23.4 Å². The summed E-state index contributed by atoms with van der Waals surface area (Å²) in [5.74, 6) is 3.40. The van der Waals surface area contributed by atoms with Crippen molar-refractivity contribution < 1.29 is 0 Å². The molecule has 1 aromatic heterocycles. The summed E-state index contributed by atoms with van der Waals surface area (Å²) < 4.78 is 2.26. The highest BCUT2D eigenvalue weighted by atomic mass is 32.2. The molecule has 84 valence electrons. The lowest BCUT2D eigenvalue weighted by Gasteiger charge is -2.09. The maximum atomic E-state index is 5.74. The maximum absolute atomic E-state index is 5.74. The molecule has 1 aromatic carbocycles. The molecule has 1 fully saturated rings. The summed E-state index contributed by atoms with van der Waals surface area (Å²) in [6.07, 6.45) is 3.27. The van der Waals surface area contributed by atoms with Crippen LogP contribution in [-0.4, -0.2) is 21.1 Å². The quantitative estimate of drug-likeness (QED) is 0.810. The molecule has 1 unspecified atom stereocenters. The maximum Gasteiger partial charge on any atom is 0.0958 e. The molecule has 2 aromatic rings. The number of rotatable bonds is 2. The van der Waals surface area contributed by atoms with E-state index in [4.69, 9.17) is 5.73 Å². The molecule has 0 bridgehead atoms. The minimum absolute atomic E-state index is 0.786. The number of hydrogen-bond donors (Lipinski definition) is 1. The van der Waals surface area contributed by atoms with Crippen LogP contribution in [0.15, 0.2) is 24.5 Å². The van der Waals surface area contributed by atoms with Gasteiger partial charge >= 0.3 is 0 Å². The van der Waals surface area contributed by atoms with Gasteiger partial charge in [-0.15, -0.1) is 0 Å². The summed E-state index contributed by atoms with van der Waals surface area (Å²) in [7, 11) is 0. The van der Waals surface area contributed by atoms with E-state index < -0.39 is 0 Å². The third kappa shape index (κ3) is 1.78. The molecule has 1 saturated heterocycles. The van der Waals surface area contributed by atoms with Crippen molar-refractivity contribution in [2.24, 2.45) is 5.92 Å². The molecular formula is C12H15N3S. The van der Waals surface area contributed by atoms with Crippen LogP contribution in [-0.2, 0) is 6.54 Å². The number of thioether (sulfide) groups is 1. The van der Waals surface area contributed by atoms with Crippen molar-refractivity contribution in [2.45, 2.75) is 13.0 Å². The first kappa shape index (κ1) is 10.0. The van der Waals surface area contributed by atoms with E-state index in [9.17, 15) is 0 Å². The van der Waals surface area contributed by atoms with E-state index in [2.05, 4.69) is 27.4 Å². The SMILES string of the molecule is Nc1ccc2c(c1)ncn2CC1CCSC1. The fourth-order valence-corrected chi connectivity index (χ4v) is 3.50. The second-order valence-electron chi connectivity index (χ2n) is 4.37. The average molecular weight is 233 g/mol. The molecule has 0 spiro atoms. The van der Waals surface area contributed by atoms with Crippen LogP contribution >= 0.6 is 11.8 Å². The number of anilines is 1. The highest BCUT2D eigenvalue weighted by Crippen LogP contribution is 2.26. The first-order chi connectivity index (χ1) is 7.83. The fourth-order valence-electron chi connectivity index (χ4n) is 2.23. The number of benzene rings is 1. The molecular weight excluding hydrogens is 218 g/mol. The molecule has 1 aliphatic rings. The fraction of sp³-hybridized carbons (Fsp3) is 0.417. The predicted octanol–water partition coefficient (Wildman–Crippen LogP) is 2.37. The molecule has 3 nitrogen and oxygen atoms in total. The predicted molar refractivity (Wildman–Crippen MR) is 69.6 cm³/mol. The highest BCUT2D eigenvalue weighted by Gasteiger charge is 2.16. The lowest BCUT2D eigenvalue weighted by molar-refractivity contribution is 0.501. The topological polar surface area (TPSA) is 43.8 Å². The van der Waals surface area contributed by atoms with Crippen LogP contribution in [0.1, 0.15) is 6.42 Å². The van der Waals surface area contributed by atoms with Crippen LogP contribution < -0.4 is 5.73 Å². The van der Waals surface area contributed by atoms with Crippen LogP contribution in [0.4, 0.5) is 5.69 Å². The monoisotopic (exact) mass is 233 g/mol. The molecule has 0 saturated carbocycles. The largest absolute Gasteiger partial charge is 0.399 e. The number of nitrogens with two attached hydrogens (primary N) is 1. The Bertz CT molecular complexity index is 500. The van der Waals surface area contributed by atoms with Gasteiger partial charge in [-0.2, -0.15) is 11.8 Å². The summed E-state index contributed by atoms with van der Waals surface area (Å²) in [6, 6.07) is 5.96. The van der Waals surface area contributed by atoms with E-state index in [-0.39, 0.29) is 0 Å². The van der Waals surface area contributed by atoms with Gasteiger partial charge in [-0.05, 0) is 42.0 Å². The Kier molecular flexibility index (Phi) is 2.52. The molecule has 0 aliphatic carbocycles. The van der Waals surface area contributed by atoms with Crippen molar-refractivity contribution in [3.63, 3.8) is 0 Å². The molecule has 2 N–H and O–H groups in total. The second-order valence-corrected chi connectivity index (χ2v) is 5.52. The van der Waals surface area contributed by atoms with E-state index in [1.807, 2.05) is 18.5 Å². The van der Waals surface area contributed by atoms with Gasteiger partial charge < -0.3 is 10.3 Å². The lowest BCUT2D eigenvalue weighted by atomic mass is 10.1. The van der Waals surface area contributed by atoms with Crippen molar-refractivity contribution >= 4 is 28.5 Å². The van der Waals surface area contributed by atoms with Gasteiger partial charge in [0, 0.05) is 12.2 Å². The van der Waals surface area contributed by atoms with Crippen molar-refractivity contribution in [3.8, 4) is 0 Å². The van der Waals surface area contributed by atoms with E-state index in [1.54, 1.807) is 0 Å². The van der Waals surface area contributed by atoms with Crippen LogP contribution in [0.3, 0.4) is 0 Å². The zero-order valence-corrected chi connectivity index (χ0v) is 9.91. The van der Waals surface area contributed by atoms with Gasteiger partial charge in [0.05, 0.1) is 17.4 Å². The van der Waals surface area contributed by atoms with Crippen LogP contribution in [0.2, 0.25) is 0 Å². The summed E-state index contributed by atoms with van der Waals surface area (Å²) in [6.45, 7) is 1.09. The molecule has 0 amide bonds. The van der Waals surface area contributed by atoms with Gasteiger partial charge in [-0.3, -0.25) is 0 Å². The lowest BCUT2D eigenvalue weighted by Crippen LogP contribution is -2.08. The molecule has 2 heterocycles. The number of imidazole rings is 1. The van der Waals surface area contributed by atoms with E-state index in [0.29, 0.717) is 0 Å². The Morgan fingerprint density at radius 2 is 2.44 bits per heavy atom. The highest BCUT2D eigenvalue weighted by molar-refractivity contribution is 7.99. The van der Waals surface area contributed by atoms with Gasteiger partial charge in [0.15, 0.2) is 0 Å². The molecule has 4 heteroatoms. The minimum Gasteiger partial charge on any atom is -0.399 e. The van der Waals surface area contributed by atoms with Gasteiger partial charge in [-0.25, -0.2) is 4.98 Å². The number of aromatic nitrogens is 2. The average Bonchev–Trinajstić information content (AvgIpc) is 2.89. The zero-order valence-electron chi connectivity index (χ0n) is 9.10. The Balaban J connectivity index is 1.91. The third-order valence-electron chi connectivity index (χ3n) is 3.12. The second kappa shape index (κ2) is 4.01. The summed E-state index contributed by atoms with van der Waals surface area (Å²) in [5, 5.41) is 0. The van der Waals surface area contributed by atoms with Crippen LogP contribution in [0.25, 0.3) is 11.0 Å². The van der Waals surface area contributed by atoms with E-state index >= 15 is 0 Å². The van der Waals surface area contributed by atoms with Crippen molar-refractivity contribution in [2.75, 3.05) is 17.2 Å². The zero-order chi connectivity index (χ0) is 11.0. The van der Waals surface area contributed by atoms with Crippen molar-refractivity contribution in [1.82, 2.24) is 9.55 Å². The van der Waals surface area contributed by atoms with Gasteiger partial charge in [0.2, 0.25) is 0 Å². The summed E-state index contributed by atoms with van der Waals surface area (Å²) >= 11 is 2.06. The number of nitrogen functional groups attached to an aromatic ring is 1. The molecule has 0 radical (unpaired) electrons. The molecule has 3 rings (SSSR count). The Hall–Kier alpha value is -1.16. The Labute approximate surface area is 99.0 Å². The molecule has 16 heavy (non-hydrogen) atoms. The van der Waals surface area contributed by atoms with Gasteiger partial charge in [-0.1, -0.05) is 0 Å². The number of fused-ring (bicyclic) bond motifs is 1. The van der Waals surface area contributed by atoms with Crippen LogP contribution in [0, 0.1) is 5.92 Å². The standard InChI is InChI=1S/C12H15N3S/c13-10-1-2-12-11(5-10)14-8-15(12)6-9-3-4-16-7-9/h1-2,5,8-9H,3-4,6-7,13H2. The normalized spacial score (nSPS) is 20.6. The first-order valence-electron chi connectivity index (χ1n) is 5.61. The smallest absolute Gasteiger partial charge is 0.0958 e. The summed E-state index contributed by atoms with van der Waals surface area (Å²) in [5.41, 5.74) is 8.74. The van der Waals surface area contributed by atoms with Crippen molar-refractivity contribution in [3.05, 3.63) is 24.5 Å². The molecule has 1 aliphatic heterocycles. The Morgan fingerprint density at radius 3 is 3.25 bits per heavy atom. The van der Waals surface area contributed by atoms with E-state index in [0.717, 1.165) is 23.7 Å². The van der Waals surface area contributed by atoms with Gasteiger partial charge in [0.25, 0.3) is 0 Å². The van der Waals surface area contributed by atoms with Gasteiger partial charge in [0.1, 0.15) is 0 Å². The number of nitrogens with zero attached hydrogens (tertiary/aromatic N) is 2. The minimum atomic E-state index is 0.786. The van der Waals surface area contributed by atoms with Crippen LogP contribution in [0.5, 0.6) is 0 Å². The van der Waals surface area contributed by atoms with Crippen molar-refractivity contribution in [1.29, 1.82) is 0 Å². The Morgan fingerprint density at radius 1 is 1.50 bits per heavy atom. The third-order valence-corrected chi connectivity index (χ3v) is 4.36.